The number of urea groups is 1. The van der Waals surface area contributed by atoms with E-state index >= 15 is 0 Å². The van der Waals surface area contributed by atoms with Gasteiger partial charge >= 0.3 is 6.03 Å². The maximum atomic E-state index is 12.3. The van der Waals surface area contributed by atoms with Crippen LogP contribution in [0.1, 0.15) is 25.7 Å². The Balaban J connectivity index is 1.84. The topological polar surface area (TPSA) is 35.6 Å². The van der Waals surface area contributed by atoms with Gasteiger partial charge in [-0.15, -0.1) is 0 Å². The average molecular weight is 273 g/mol. The highest BCUT2D eigenvalue weighted by molar-refractivity contribution is 5.96. The largest absolute Gasteiger partial charge is 0.335 e. The van der Waals surface area contributed by atoms with E-state index in [1.807, 2.05) is 35.2 Å². The highest BCUT2D eigenvalue weighted by atomic mass is 16.2. The van der Waals surface area contributed by atoms with E-state index in [2.05, 4.69) is 24.3 Å². The van der Waals surface area contributed by atoms with E-state index in [4.69, 9.17) is 0 Å². The molecule has 1 heterocycles. The fourth-order valence-electron chi connectivity index (χ4n) is 3.64. The molecule has 4 heteroatoms. The Morgan fingerprint density at radius 2 is 1.85 bits per heavy atom. The minimum Gasteiger partial charge on any atom is -0.335 e. The van der Waals surface area contributed by atoms with Crippen LogP contribution >= 0.6 is 0 Å². The molecule has 1 aliphatic heterocycles. The van der Waals surface area contributed by atoms with Gasteiger partial charge in [-0.1, -0.05) is 18.2 Å². The molecule has 2 aliphatic rings. The molecule has 1 spiro atoms. The Morgan fingerprint density at radius 3 is 2.45 bits per heavy atom. The van der Waals surface area contributed by atoms with Crippen molar-refractivity contribution in [3.05, 3.63) is 30.3 Å². The minimum atomic E-state index is -0.0229. The fraction of sp³-hybridized carbons (Fsp3) is 0.562. The molecule has 2 amide bonds. The number of benzene rings is 1. The molecule has 0 radical (unpaired) electrons. The minimum absolute atomic E-state index is 0.0229. The van der Waals surface area contributed by atoms with E-state index in [9.17, 15) is 4.79 Å². The lowest BCUT2D eigenvalue weighted by Crippen LogP contribution is -2.52. The van der Waals surface area contributed by atoms with Gasteiger partial charge in [0, 0.05) is 18.3 Å². The van der Waals surface area contributed by atoms with E-state index in [0.717, 1.165) is 37.9 Å². The van der Waals surface area contributed by atoms with Crippen molar-refractivity contribution < 1.29 is 4.79 Å². The molecule has 2 fully saturated rings. The summed E-state index contributed by atoms with van der Waals surface area (Å²) in [7, 11) is 4.30. The van der Waals surface area contributed by atoms with Crippen LogP contribution in [0.4, 0.5) is 10.5 Å². The summed E-state index contributed by atoms with van der Waals surface area (Å²) in [4.78, 5) is 16.6. The molecule has 0 aromatic heterocycles. The van der Waals surface area contributed by atoms with Gasteiger partial charge in [-0.25, -0.2) is 4.79 Å². The summed E-state index contributed by atoms with van der Waals surface area (Å²) in [6.07, 6.45) is 4.46. The molecule has 1 aromatic carbocycles. The number of para-hydroxylation sites is 1. The Labute approximate surface area is 120 Å². The van der Waals surface area contributed by atoms with Gasteiger partial charge < -0.3 is 10.2 Å². The molecule has 1 N–H and O–H groups in total. The Kier molecular flexibility index (Phi) is 3.42. The summed E-state index contributed by atoms with van der Waals surface area (Å²) >= 11 is 0. The van der Waals surface area contributed by atoms with Crippen LogP contribution < -0.4 is 10.2 Å². The zero-order valence-corrected chi connectivity index (χ0v) is 12.3. The van der Waals surface area contributed by atoms with Crippen LogP contribution in [0.25, 0.3) is 0 Å². The summed E-state index contributed by atoms with van der Waals surface area (Å²) in [5.41, 5.74) is 0.996. The number of anilines is 1. The maximum Gasteiger partial charge on any atom is 0.322 e. The predicted molar refractivity (Wildman–Crippen MR) is 81.0 cm³/mol. The van der Waals surface area contributed by atoms with E-state index in [0.29, 0.717) is 6.04 Å². The summed E-state index contributed by atoms with van der Waals surface area (Å²) in [5.74, 6) is 0. The second-order valence-electron chi connectivity index (χ2n) is 6.25. The summed E-state index contributed by atoms with van der Waals surface area (Å²) in [6, 6.07) is 10.8. The van der Waals surface area contributed by atoms with Gasteiger partial charge in [-0.2, -0.15) is 0 Å². The summed E-state index contributed by atoms with van der Waals surface area (Å²) in [6.45, 7) is 0.779. The first-order valence-electron chi connectivity index (χ1n) is 7.42. The standard InChI is InChI=1S/C16H23N3O/c1-18(2)13-8-10-16(11-9-13)12-17-15(20)19(16)14-6-4-3-5-7-14/h3-7,13H,8-12H2,1-2H3,(H,17,20). The third-order valence-electron chi connectivity index (χ3n) is 4.88. The number of hydrogen-bond donors (Lipinski definition) is 1. The maximum absolute atomic E-state index is 12.3. The fourth-order valence-corrected chi connectivity index (χ4v) is 3.64. The van der Waals surface area contributed by atoms with Crippen molar-refractivity contribution in [3.8, 4) is 0 Å². The Hall–Kier alpha value is -1.55. The molecule has 20 heavy (non-hydrogen) atoms. The monoisotopic (exact) mass is 273 g/mol. The zero-order chi connectivity index (χ0) is 14.2. The van der Waals surface area contributed by atoms with Crippen LogP contribution in [0.5, 0.6) is 0 Å². The first-order valence-corrected chi connectivity index (χ1v) is 7.42. The van der Waals surface area contributed by atoms with Crippen molar-refractivity contribution in [2.24, 2.45) is 0 Å². The first kappa shape index (κ1) is 13.4. The third kappa shape index (κ3) is 2.18. The van der Waals surface area contributed by atoms with Gasteiger partial charge in [0.2, 0.25) is 0 Å². The van der Waals surface area contributed by atoms with E-state index in [1.165, 1.54) is 0 Å². The molecule has 0 atom stereocenters. The summed E-state index contributed by atoms with van der Waals surface area (Å²) < 4.78 is 0. The second kappa shape index (κ2) is 5.09. The van der Waals surface area contributed by atoms with Gasteiger partial charge in [0.15, 0.2) is 0 Å². The lowest BCUT2D eigenvalue weighted by molar-refractivity contribution is 0.180. The highest BCUT2D eigenvalue weighted by Crippen LogP contribution is 2.40. The van der Waals surface area contributed by atoms with Gasteiger partial charge in [-0.3, -0.25) is 4.90 Å². The van der Waals surface area contributed by atoms with Crippen molar-refractivity contribution in [2.45, 2.75) is 37.3 Å². The zero-order valence-electron chi connectivity index (χ0n) is 12.3. The van der Waals surface area contributed by atoms with Crippen LogP contribution in [0.3, 0.4) is 0 Å². The molecular formula is C16H23N3O. The van der Waals surface area contributed by atoms with E-state index in [-0.39, 0.29) is 11.6 Å². The lowest BCUT2D eigenvalue weighted by atomic mass is 9.78. The van der Waals surface area contributed by atoms with Gasteiger partial charge in [0.05, 0.1) is 5.54 Å². The smallest absolute Gasteiger partial charge is 0.322 e. The predicted octanol–water partition coefficient (Wildman–Crippen LogP) is 2.46. The molecule has 3 rings (SSSR count). The molecule has 4 nitrogen and oxygen atoms in total. The normalized spacial score (nSPS) is 30.1. The van der Waals surface area contributed by atoms with Gasteiger partial charge in [0.25, 0.3) is 0 Å². The van der Waals surface area contributed by atoms with E-state index < -0.39 is 0 Å². The van der Waals surface area contributed by atoms with Crippen molar-refractivity contribution >= 4 is 11.7 Å². The Morgan fingerprint density at radius 1 is 1.20 bits per heavy atom. The number of nitrogens with zero attached hydrogens (tertiary/aromatic N) is 2. The van der Waals surface area contributed by atoms with Crippen LogP contribution in [0.15, 0.2) is 30.3 Å². The van der Waals surface area contributed by atoms with Crippen molar-refractivity contribution in [3.63, 3.8) is 0 Å². The summed E-state index contributed by atoms with van der Waals surface area (Å²) in [5, 5.41) is 3.05. The number of hydrogen-bond acceptors (Lipinski definition) is 2. The molecule has 1 saturated heterocycles. The van der Waals surface area contributed by atoms with Crippen molar-refractivity contribution in [2.75, 3.05) is 25.5 Å². The molecule has 1 aromatic rings. The number of carbonyl (C=O) groups is 1. The molecule has 1 saturated carbocycles. The number of rotatable bonds is 2. The highest BCUT2D eigenvalue weighted by Gasteiger charge is 2.48. The van der Waals surface area contributed by atoms with Crippen LogP contribution in [0.2, 0.25) is 0 Å². The van der Waals surface area contributed by atoms with Crippen LogP contribution in [-0.4, -0.2) is 43.2 Å². The SMILES string of the molecule is CN(C)C1CCC2(CC1)CNC(=O)N2c1ccccc1. The van der Waals surface area contributed by atoms with E-state index in [1.54, 1.807) is 0 Å². The number of amides is 2. The second-order valence-corrected chi connectivity index (χ2v) is 6.25. The molecule has 1 aliphatic carbocycles. The molecule has 0 unspecified atom stereocenters. The van der Waals surface area contributed by atoms with Crippen LogP contribution in [-0.2, 0) is 0 Å². The first-order chi connectivity index (χ1) is 9.62. The Bertz CT molecular complexity index is 478. The third-order valence-corrected chi connectivity index (χ3v) is 4.88. The number of nitrogens with one attached hydrogen (secondary N) is 1. The van der Waals surface area contributed by atoms with Gasteiger partial charge in [-0.05, 0) is 51.9 Å². The average Bonchev–Trinajstić information content (AvgIpc) is 2.77. The molecule has 0 bridgehead atoms. The number of carbonyl (C=O) groups excluding carboxylic acids is 1. The quantitative estimate of drug-likeness (QED) is 0.898. The molecule has 108 valence electrons. The van der Waals surface area contributed by atoms with Crippen molar-refractivity contribution in [1.82, 2.24) is 10.2 Å². The van der Waals surface area contributed by atoms with Crippen molar-refractivity contribution in [1.29, 1.82) is 0 Å². The van der Waals surface area contributed by atoms with Gasteiger partial charge in [0.1, 0.15) is 0 Å². The van der Waals surface area contributed by atoms with Crippen LogP contribution in [0, 0.1) is 0 Å². The lowest BCUT2D eigenvalue weighted by Gasteiger charge is -2.43. The molecular weight excluding hydrogens is 250 g/mol.